The first kappa shape index (κ1) is 26.0. The molecule has 0 N–H and O–H groups in total. The summed E-state index contributed by atoms with van der Waals surface area (Å²) in [6.45, 7) is 3.10. The number of nitrogens with zero attached hydrogens (tertiary/aromatic N) is 2. The molecule has 10 nitrogen and oxygen atoms in total. The minimum Gasteiger partial charge on any atom is -0.458 e. The van der Waals surface area contributed by atoms with E-state index in [4.69, 9.17) is 23.7 Å². The Hall–Kier alpha value is -3.63. The fourth-order valence-electron chi connectivity index (χ4n) is 3.25. The van der Waals surface area contributed by atoms with Crippen molar-refractivity contribution in [2.24, 2.45) is 0 Å². The van der Waals surface area contributed by atoms with E-state index in [9.17, 15) is 14.4 Å². The average molecular weight is 487 g/mol. The van der Waals surface area contributed by atoms with Crippen LogP contribution >= 0.6 is 0 Å². The number of carbonyl (C=O) groups excluding carboxylic acids is 3. The number of rotatable bonds is 8. The first-order valence-electron chi connectivity index (χ1n) is 11.1. The van der Waals surface area contributed by atoms with E-state index in [0.717, 1.165) is 21.1 Å². The zero-order valence-electron chi connectivity index (χ0n) is 20.0. The minimum absolute atomic E-state index is 0.0226. The van der Waals surface area contributed by atoms with Gasteiger partial charge in [-0.15, -0.1) is 0 Å². The van der Waals surface area contributed by atoms with Crippen LogP contribution in [-0.4, -0.2) is 66.9 Å². The summed E-state index contributed by atoms with van der Waals surface area (Å²) in [5.74, 6) is -1.55. The highest BCUT2D eigenvalue weighted by Gasteiger charge is 2.37. The van der Waals surface area contributed by atoms with Crippen LogP contribution in [-0.2, 0) is 41.7 Å². The molecule has 10 heteroatoms. The molecule has 1 heterocycles. The zero-order valence-corrected chi connectivity index (χ0v) is 20.0. The number of carbonyl (C=O) groups is 3. The number of hydrazine groups is 1. The van der Waals surface area contributed by atoms with Crippen LogP contribution < -0.4 is 0 Å². The van der Waals surface area contributed by atoms with Crippen LogP contribution in [0.15, 0.2) is 60.7 Å². The summed E-state index contributed by atoms with van der Waals surface area (Å²) in [6.07, 6.45) is -2.24. The third kappa shape index (κ3) is 8.27. The maximum absolute atomic E-state index is 12.8. The van der Waals surface area contributed by atoms with E-state index in [-0.39, 0.29) is 26.4 Å². The van der Waals surface area contributed by atoms with Crippen LogP contribution in [0.25, 0.3) is 0 Å². The molecule has 35 heavy (non-hydrogen) atoms. The molecule has 0 saturated carbocycles. The van der Waals surface area contributed by atoms with Crippen LogP contribution in [0.1, 0.15) is 25.0 Å². The van der Waals surface area contributed by atoms with Gasteiger partial charge in [0.2, 0.25) is 0 Å². The maximum atomic E-state index is 12.8. The summed E-state index contributed by atoms with van der Waals surface area (Å²) in [6, 6.07) is 18.2. The van der Waals surface area contributed by atoms with Crippen molar-refractivity contribution in [1.82, 2.24) is 10.0 Å². The van der Waals surface area contributed by atoms with Crippen molar-refractivity contribution in [3.63, 3.8) is 0 Å². The van der Waals surface area contributed by atoms with Crippen molar-refractivity contribution in [3.8, 4) is 0 Å². The summed E-state index contributed by atoms with van der Waals surface area (Å²) < 4.78 is 26.9. The summed E-state index contributed by atoms with van der Waals surface area (Å²) in [5, 5.41) is 1.99. The Kier molecular flexibility index (Phi) is 9.04. The molecule has 0 spiro atoms. The van der Waals surface area contributed by atoms with E-state index < -0.39 is 36.7 Å². The van der Waals surface area contributed by atoms with E-state index in [2.05, 4.69) is 0 Å². The van der Waals surface area contributed by atoms with Gasteiger partial charge in [-0.25, -0.2) is 24.4 Å². The van der Waals surface area contributed by atoms with Gasteiger partial charge >= 0.3 is 18.2 Å². The Morgan fingerprint density at radius 2 is 1.46 bits per heavy atom. The van der Waals surface area contributed by atoms with Gasteiger partial charge in [0.05, 0.1) is 13.2 Å². The number of ether oxygens (including phenoxy) is 5. The van der Waals surface area contributed by atoms with E-state index in [1.54, 1.807) is 13.8 Å². The normalized spacial score (nSPS) is 16.3. The van der Waals surface area contributed by atoms with Crippen molar-refractivity contribution >= 4 is 18.2 Å². The highest BCUT2D eigenvalue weighted by molar-refractivity contribution is 5.77. The van der Waals surface area contributed by atoms with E-state index >= 15 is 0 Å². The molecule has 1 atom stereocenters. The SMILES string of the molecule is CN(C(=O)OCc1ccccc1)N(CC1COC(C)(C)O1)C(=O)OCC(=O)OCc1ccccc1. The summed E-state index contributed by atoms with van der Waals surface area (Å²) >= 11 is 0. The number of esters is 1. The van der Waals surface area contributed by atoms with Gasteiger partial charge < -0.3 is 23.7 Å². The average Bonchev–Trinajstić information content (AvgIpc) is 3.22. The molecule has 1 aliphatic heterocycles. The second-order valence-corrected chi connectivity index (χ2v) is 8.30. The smallest absolute Gasteiger partial charge is 0.429 e. The number of hydrogen-bond acceptors (Lipinski definition) is 8. The summed E-state index contributed by atoms with van der Waals surface area (Å²) in [7, 11) is 1.36. The van der Waals surface area contributed by atoms with Crippen LogP contribution in [0.4, 0.5) is 9.59 Å². The predicted molar refractivity (Wildman–Crippen MR) is 124 cm³/mol. The third-order valence-electron chi connectivity index (χ3n) is 5.04. The monoisotopic (exact) mass is 486 g/mol. The third-order valence-corrected chi connectivity index (χ3v) is 5.04. The molecular formula is C25H30N2O8. The molecule has 0 aromatic heterocycles. The van der Waals surface area contributed by atoms with Gasteiger partial charge in [0.25, 0.3) is 0 Å². The lowest BCUT2D eigenvalue weighted by Gasteiger charge is -2.31. The predicted octanol–water partition coefficient (Wildman–Crippen LogP) is 3.50. The van der Waals surface area contributed by atoms with Crippen molar-refractivity contribution in [2.75, 3.05) is 26.8 Å². The Balaban J connectivity index is 1.57. The molecule has 0 aliphatic carbocycles. The van der Waals surface area contributed by atoms with E-state index in [0.29, 0.717) is 0 Å². The van der Waals surface area contributed by atoms with Gasteiger partial charge in [-0.3, -0.25) is 0 Å². The highest BCUT2D eigenvalue weighted by atomic mass is 16.7. The van der Waals surface area contributed by atoms with Crippen molar-refractivity contribution in [3.05, 3.63) is 71.8 Å². The minimum atomic E-state index is -0.936. The molecule has 2 aromatic rings. The molecule has 0 bridgehead atoms. The molecule has 188 valence electrons. The molecule has 1 aliphatic rings. The largest absolute Gasteiger partial charge is 0.458 e. The zero-order chi connectivity index (χ0) is 25.3. The van der Waals surface area contributed by atoms with Crippen molar-refractivity contribution < 1.29 is 38.1 Å². The highest BCUT2D eigenvalue weighted by Crippen LogP contribution is 2.23. The lowest BCUT2D eigenvalue weighted by molar-refractivity contribution is -0.150. The molecule has 1 saturated heterocycles. The van der Waals surface area contributed by atoms with Gasteiger partial charge in [0.15, 0.2) is 12.4 Å². The Morgan fingerprint density at radius 3 is 2.00 bits per heavy atom. The second-order valence-electron chi connectivity index (χ2n) is 8.30. The maximum Gasteiger partial charge on any atom is 0.429 e. The Labute approximate surface area is 204 Å². The fraction of sp³-hybridized carbons (Fsp3) is 0.400. The fourth-order valence-corrected chi connectivity index (χ4v) is 3.25. The number of amides is 2. The lowest BCUT2D eigenvalue weighted by Crippen LogP contribution is -2.51. The van der Waals surface area contributed by atoms with Gasteiger partial charge in [-0.05, 0) is 25.0 Å². The molecule has 1 fully saturated rings. The van der Waals surface area contributed by atoms with Gasteiger partial charge in [0.1, 0.15) is 19.3 Å². The van der Waals surface area contributed by atoms with Crippen LogP contribution in [0.2, 0.25) is 0 Å². The first-order chi connectivity index (χ1) is 16.7. The Morgan fingerprint density at radius 1 is 0.886 bits per heavy atom. The lowest BCUT2D eigenvalue weighted by atomic mass is 10.2. The quantitative estimate of drug-likeness (QED) is 0.317. The standard InChI is InChI=1S/C25H30N2O8/c1-25(2)34-17-21(35-25)14-27(26(3)23(29)32-16-20-12-8-5-9-13-20)24(30)33-18-22(28)31-15-19-10-6-4-7-11-19/h4-13,21H,14-18H2,1-3H3. The van der Waals surface area contributed by atoms with E-state index in [1.165, 1.54) is 7.05 Å². The summed E-state index contributed by atoms with van der Waals surface area (Å²) in [5.41, 5.74) is 1.59. The Bertz CT molecular complexity index is 983. The van der Waals surface area contributed by atoms with Crippen molar-refractivity contribution in [1.29, 1.82) is 0 Å². The molecular weight excluding hydrogens is 456 g/mol. The topological polar surface area (TPSA) is 104 Å². The van der Waals surface area contributed by atoms with Crippen LogP contribution in [0.5, 0.6) is 0 Å². The summed E-state index contributed by atoms with van der Waals surface area (Å²) in [4.78, 5) is 37.6. The van der Waals surface area contributed by atoms with Gasteiger partial charge in [-0.1, -0.05) is 60.7 Å². The number of benzene rings is 2. The van der Waals surface area contributed by atoms with Crippen LogP contribution in [0, 0.1) is 0 Å². The molecule has 2 amide bonds. The molecule has 3 rings (SSSR count). The van der Waals surface area contributed by atoms with Crippen molar-refractivity contribution in [2.45, 2.75) is 39.0 Å². The molecule has 1 unspecified atom stereocenters. The molecule has 2 aromatic carbocycles. The van der Waals surface area contributed by atoms with Gasteiger partial charge in [-0.2, -0.15) is 0 Å². The molecule has 0 radical (unpaired) electrons. The first-order valence-corrected chi connectivity index (χ1v) is 11.1. The van der Waals surface area contributed by atoms with E-state index in [1.807, 2.05) is 60.7 Å². The second kappa shape index (κ2) is 12.2. The van der Waals surface area contributed by atoms with Crippen LogP contribution in [0.3, 0.4) is 0 Å². The number of hydrogen-bond donors (Lipinski definition) is 0. The van der Waals surface area contributed by atoms with Gasteiger partial charge in [0, 0.05) is 7.05 Å².